The minimum Gasteiger partial charge on any atom is -0.496 e. The Morgan fingerprint density at radius 1 is 1.15 bits per heavy atom. The SMILES string of the molecule is C=C1c2n[nH]c(C(C)(C)CO)c2C(c2ccccc2OC)N1c1ccc(-c2ccon2)cc1. The Hall–Kier alpha value is -3.84. The van der Waals surface area contributed by atoms with Gasteiger partial charge in [0.2, 0.25) is 0 Å². The number of aromatic nitrogens is 3. The Labute approximate surface area is 192 Å². The molecule has 0 saturated heterocycles. The Bertz CT molecular complexity index is 1290. The van der Waals surface area contributed by atoms with Crippen molar-refractivity contribution in [1.29, 1.82) is 0 Å². The van der Waals surface area contributed by atoms with Crippen LogP contribution in [0.5, 0.6) is 5.75 Å². The molecule has 0 aliphatic carbocycles. The normalized spacial score (nSPS) is 15.7. The fraction of sp³-hybridized carbons (Fsp3) is 0.231. The van der Waals surface area contributed by atoms with E-state index in [9.17, 15) is 5.11 Å². The molecule has 7 nitrogen and oxygen atoms in total. The molecule has 0 saturated carbocycles. The molecule has 0 spiro atoms. The molecule has 0 amide bonds. The van der Waals surface area contributed by atoms with Gasteiger partial charge in [-0.25, -0.2) is 0 Å². The van der Waals surface area contributed by atoms with Crippen molar-refractivity contribution in [3.05, 3.63) is 90.0 Å². The van der Waals surface area contributed by atoms with Crippen LogP contribution in [0.1, 0.15) is 42.4 Å². The van der Waals surface area contributed by atoms with E-state index in [1.165, 1.54) is 0 Å². The van der Waals surface area contributed by atoms with Crippen molar-refractivity contribution in [3.63, 3.8) is 0 Å². The third-order valence-corrected chi connectivity index (χ3v) is 6.28. The summed E-state index contributed by atoms with van der Waals surface area (Å²) in [5.74, 6) is 0.779. The van der Waals surface area contributed by atoms with Gasteiger partial charge in [0.25, 0.3) is 0 Å². The first-order chi connectivity index (χ1) is 16.0. The number of hydrogen-bond acceptors (Lipinski definition) is 6. The Morgan fingerprint density at radius 2 is 1.91 bits per heavy atom. The number of anilines is 1. The number of nitrogens with one attached hydrogen (secondary N) is 1. The summed E-state index contributed by atoms with van der Waals surface area (Å²) in [6.45, 7) is 8.37. The summed E-state index contributed by atoms with van der Waals surface area (Å²) in [5.41, 5.74) is 6.67. The number of hydrogen-bond donors (Lipinski definition) is 2. The number of ether oxygens (including phenoxy) is 1. The second-order valence-electron chi connectivity index (χ2n) is 8.80. The molecule has 168 valence electrons. The molecule has 0 bridgehead atoms. The third kappa shape index (κ3) is 3.32. The molecule has 2 aromatic heterocycles. The zero-order valence-corrected chi connectivity index (χ0v) is 18.9. The van der Waals surface area contributed by atoms with Gasteiger partial charge >= 0.3 is 0 Å². The van der Waals surface area contributed by atoms with Crippen molar-refractivity contribution in [2.24, 2.45) is 0 Å². The van der Waals surface area contributed by atoms with Gasteiger partial charge in [-0.1, -0.05) is 55.9 Å². The molecule has 2 N–H and O–H groups in total. The molecule has 33 heavy (non-hydrogen) atoms. The van der Waals surface area contributed by atoms with Crippen LogP contribution in [-0.2, 0) is 5.41 Å². The minimum absolute atomic E-state index is 0.0147. The maximum Gasteiger partial charge on any atom is 0.124 e. The summed E-state index contributed by atoms with van der Waals surface area (Å²) >= 11 is 0. The van der Waals surface area contributed by atoms with Gasteiger partial charge < -0.3 is 19.3 Å². The van der Waals surface area contributed by atoms with E-state index in [2.05, 4.69) is 32.9 Å². The van der Waals surface area contributed by atoms with Gasteiger partial charge in [0.1, 0.15) is 23.4 Å². The summed E-state index contributed by atoms with van der Waals surface area (Å²) in [6.07, 6.45) is 1.56. The largest absolute Gasteiger partial charge is 0.496 e. The average molecular weight is 443 g/mol. The molecule has 3 heterocycles. The van der Waals surface area contributed by atoms with Gasteiger partial charge in [-0.15, -0.1) is 0 Å². The Kier molecular flexibility index (Phi) is 5.06. The van der Waals surface area contributed by atoms with E-state index >= 15 is 0 Å². The molecule has 2 aromatic carbocycles. The van der Waals surface area contributed by atoms with Crippen LogP contribution in [0.25, 0.3) is 17.0 Å². The van der Waals surface area contributed by atoms with Crippen molar-refractivity contribution >= 4 is 11.4 Å². The van der Waals surface area contributed by atoms with Crippen LogP contribution in [0.3, 0.4) is 0 Å². The van der Waals surface area contributed by atoms with Gasteiger partial charge in [0.15, 0.2) is 0 Å². The predicted molar refractivity (Wildman–Crippen MR) is 127 cm³/mol. The quantitative estimate of drug-likeness (QED) is 0.441. The van der Waals surface area contributed by atoms with E-state index in [-0.39, 0.29) is 12.6 Å². The second kappa shape index (κ2) is 7.94. The first-order valence-electron chi connectivity index (χ1n) is 10.8. The van der Waals surface area contributed by atoms with Gasteiger partial charge in [-0.2, -0.15) is 5.10 Å². The number of methoxy groups -OCH3 is 1. The number of aliphatic hydroxyl groups excluding tert-OH is 1. The smallest absolute Gasteiger partial charge is 0.124 e. The number of benzene rings is 2. The number of para-hydroxylation sites is 1. The fourth-order valence-electron chi connectivity index (χ4n) is 4.48. The summed E-state index contributed by atoms with van der Waals surface area (Å²) in [6, 6.07) is 17.7. The van der Waals surface area contributed by atoms with Gasteiger partial charge in [-0.05, 0) is 18.2 Å². The van der Waals surface area contributed by atoms with Crippen LogP contribution in [0.15, 0.2) is 72.0 Å². The molecule has 5 rings (SSSR count). The van der Waals surface area contributed by atoms with Crippen molar-refractivity contribution in [3.8, 4) is 17.0 Å². The first-order valence-corrected chi connectivity index (χ1v) is 10.8. The van der Waals surface area contributed by atoms with E-state index in [1.54, 1.807) is 13.4 Å². The zero-order chi connectivity index (χ0) is 23.2. The lowest BCUT2D eigenvalue weighted by molar-refractivity contribution is 0.214. The number of aromatic amines is 1. The highest BCUT2D eigenvalue weighted by molar-refractivity contribution is 5.87. The third-order valence-electron chi connectivity index (χ3n) is 6.28. The van der Waals surface area contributed by atoms with Crippen molar-refractivity contribution in [2.45, 2.75) is 25.3 Å². The van der Waals surface area contributed by atoms with Crippen LogP contribution >= 0.6 is 0 Å². The summed E-state index contributed by atoms with van der Waals surface area (Å²) in [7, 11) is 1.68. The molecule has 0 radical (unpaired) electrons. The highest BCUT2D eigenvalue weighted by atomic mass is 16.5. The fourth-order valence-corrected chi connectivity index (χ4v) is 4.48. The molecule has 1 atom stereocenters. The number of aliphatic hydroxyl groups is 1. The summed E-state index contributed by atoms with van der Waals surface area (Å²) in [4.78, 5) is 2.17. The molecular formula is C26H26N4O3. The standard InChI is InChI=1S/C26H26N4O3/c1-16-23-22(25(28-27-23)26(2,3)15-31)24(19-7-5-6-8-21(19)32-4)30(16)18-11-9-17(10-12-18)20-13-14-33-29-20/h5-14,24,31H,1,15H2,2-4H3,(H,27,28). The van der Waals surface area contributed by atoms with Crippen LogP contribution in [0, 0.1) is 0 Å². The average Bonchev–Trinajstić information content (AvgIpc) is 3.57. The topological polar surface area (TPSA) is 87.4 Å². The van der Waals surface area contributed by atoms with Crippen LogP contribution in [0.2, 0.25) is 0 Å². The molecule has 4 aromatic rings. The maximum absolute atomic E-state index is 10.1. The van der Waals surface area contributed by atoms with Crippen molar-refractivity contribution in [2.75, 3.05) is 18.6 Å². The van der Waals surface area contributed by atoms with Gasteiger partial charge in [0.05, 0.1) is 25.5 Å². The van der Waals surface area contributed by atoms with E-state index in [4.69, 9.17) is 9.26 Å². The van der Waals surface area contributed by atoms with E-state index in [0.29, 0.717) is 0 Å². The van der Waals surface area contributed by atoms with Crippen molar-refractivity contribution in [1.82, 2.24) is 15.4 Å². The predicted octanol–water partition coefficient (Wildman–Crippen LogP) is 4.92. The molecular weight excluding hydrogens is 416 g/mol. The minimum atomic E-state index is -0.506. The number of rotatable bonds is 6. The van der Waals surface area contributed by atoms with E-state index in [0.717, 1.165) is 50.9 Å². The summed E-state index contributed by atoms with van der Waals surface area (Å²) in [5, 5.41) is 21.9. The maximum atomic E-state index is 10.1. The molecule has 1 aliphatic rings. The molecule has 1 unspecified atom stereocenters. The number of fused-ring (bicyclic) bond motifs is 1. The van der Waals surface area contributed by atoms with Crippen LogP contribution in [-0.4, -0.2) is 34.2 Å². The first kappa shape index (κ1) is 21.0. The number of nitrogens with zero attached hydrogens (tertiary/aromatic N) is 3. The van der Waals surface area contributed by atoms with E-state index < -0.39 is 5.41 Å². The Balaban J connectivity index is 1.68. The number of H-pyrrole nitrogens is 1. The molecule has 1 aliphatic heterocycles. The van der Waals surface area contributed by atoms with Crippen molar-refractivity contribution < 1.29 is 14.4 Å². The lowest BCUT2D eigenvalue weighted by atomic mass is 9.84. The van der Waals surface area contributed by atoms with Gasteiger partial charge in [0, 0.05) is 39.6 Å². The highest BCUT2D eigenvalue weighted by Gasteiger charge is 2.43. The monoisotopic (exact) mass is 442 g/mol. The molecule has 7 heteroatoms. The second-order valence-corrected chi connectivity index (χ2v) is 8.80. The van der Waals surface area contributed by atoms with E-state index in [1.807, 2.05) is 62.4 Å². The Morgan fingerprint density at radius 3 is 2.58 bits per heavy atom. The van der Waals surface area contributed by atoms with Crippen LogP contribution in [0.4, 0.5) is 5.69 Å². The molecule has 0 fully saturated rings. The highest BCUT2D eigenvalue weighted by Crippen LogP contribution is 2.51. The van der Waals surface area contributed by atoms with Crippen LogP contribution < -0.4 is 9.64 Å². The zero-order valence-electron chi connectivity index (χ0n) is 18.9. The lowest BCUT2D eigenvalue weighted by Gasteiger charge is -2.31. The lowest BCUT2D eigenvalue weighted by Crippen LogP contribution is -2.28. The van der Waals surface area contributed by atoms with Gasteiger partial charge in [-0.3, -0.25) is 5.10 Å². The summed E-state index contributed by atoms with van der Waals surface area (Å²) < 4.78 is 10.7.